The first-order valence-electron chi connectivity index (χ1n) is 44.0. The normalized spacial score (nSPS) is 15.7. The molecule has 10 amide bonds. The Morgan fingerprint density at radius 3 is 0.785 bits per heavy atom. The van der Waals surface area contributed by atoms with E-state index in [1.54, 1.807) is 76.2 Å². The fraction of sp³-hybridized carbons (Fsp3) is 0.753. The van der Waals surface area contributed by atoms with Crippen LogP contribution < -0.4 is 5.32 Å². The summed E-state index contributed by atoms with van der Waals surface area (Å²) in [6, 6.07) is 0.785. The van der Waals surface area contributed by atoms with E-state index in [-0.39, 0.29) is 110 Å². The van der Waals surface area contributed by atoms with Crippen molar-refractivity contribution in [3.63, 3.8) is 0 Å². The summed E-state index contributed by atoms with van der Waals surface area (Å²) >= 11 is 0. The average Bonchev–Trinajstić information content (AvgIpc) is 1.69. The van der Waals surface area contributed by atoms with Gasteiger partial charge in [0.1, 0.15) is 13.2 Å². The van der Waals surface area contributed by atoms with Crippen LogP contribution >= 0.6 is 0 Å². The van der Waals surface area contributed by atoms with Crippen LogP contribution in [0.3, 0.4) is 0 Å². The minimum absolute atomic E-state index is 0.0420. The first-order chi connectivity index (χ1) is 56.3. The van der Waals surface area contributed by atoms with Crippen molar-refractivity contribution in [1.29, 1.82) is 0 Å². The molecule has 0 saturated carbocycles. The molecule has 0 aromatic rings. The summed E-state index contributed by atoms with van der Waals surface area (Å²) in [5.41, 5.74) is 2.05. The number of rotatable bonds is 42. The summed E-state index contributed by atoms with van der Waals surface area (Å²) in [7, 11) is 0. The second-order valence-corrected chi connectivity index (χ2v) is 34.7. The molecule has 5 heterocycles. The number of unbranched alkanes of at least 4 members (excludes halogenated alkanes) is 9. The highest BCUT2D eigenvalue weighted by molar-refractivity contribution is 6.20. The Morgan fingerprint density at radius 2 is 0.595 bits per heavy atom. The molecular formula is C93H160N6O22. The van der Waals surface area contributed by atoms with Gasteiger partial charge in [-0.25, -0.2) is 0 Å². The third-order valence-corrected chi connectivity index (χ3v) is 23.1. The summed E-state index contributed by atoms with van der Waals surface area (Å²) in [6.07, 6.45) is 19.3. The maximum Gasteiger partial charge on any atom is 0.311 e. The van der Waals surface area contributed by atoms with Gasteiger partial charge in [-0.05, 0) is 261 Å². The van der Waals surface area contributed by atoms with Gasteiger partial charge in [-0.2, -0.15) is 0 Å². The van der Waals surface area contributed by atoms with Crippen molar-refractivity contribution in [2.75, 3.05) is 72.4 Å². The van der Waals surface area contributed by atoms with E-state index in [0.717, 1.165) is 153 Å². The number of carbonyl (C=O) groups is 15. The highest BCUT2D eigenvalue weighted by Crippen LogP contribution is 2.29. The van der Waals surface area contributed by atoms with E-state index in [0.29, 0.717) is 108 Å². The van der Waals surface area contributed by atoms with Crippen LogP contribution in [-0.2, 0) is 95.6 Å². The number of imide groups is 4. The van der Waals surface area contributed by atoms with E-state index in [2.05, 4.69) is 19.2 Å². The SMILES string of the molecule is CCC(C)(C)C(=O)OCCCCCCN1C(=O)C(C)=C(C)C1=O.CCC(C)(C)C(=O)OCCCCCCN1C(=O)C(C)=C(C)C1=O.CCC(C)(C)C(=O)OCCCCCCN1C(=O)C(C)=C(C)C1=O.CCC(C)(C)C(=O)OCCN1C(=O)C(C)=C(C)C1=O.CCC(C)(C)C(=O)OCCO.CCC(C)N1CCCC1=O.CCC(C)NC=O.CCC(C)O. The number of nitrogens with one attached hydrogen (secondary N) is 1. The Balaban J connectivity index is -0.00000137. The lowest BCUT2D eigenvalue weighted by Gasteiger charge is -2.22. The number of hydrogen-bond donors (Lipinski definition) is 3. The number of likely N-dealkylation sites (tertiary alicyclic amines) is 1. The molecule has 0 spiro atoms. The lowest BCUT2D eigenvalue weighted by molar-refractivity contribution is -0.156. The van der Waals surface area contributed by atoms with Crippen molar-refractivity contribution in [3.8, 4) is 0 Å². The molecule has 5 aliphatic heterocycles. The predicted molar refractivity (Wildman–Crippen MR) is 470 cm³/mol. The zero-order valence-electron chi connectivity index (χ0n) is 79.9. The molecule has 28 nitrogen and oxygen atoms in total. The van der Waals surface area contributed by atoms with Crippen LogP contribution in [0.2, 0.25) is 0 Å². The van der Waals surface area contributed by atoms with Crippen LogP contribution in [0.5, 0.6) is 0 Å². The van der Waals surface area contributed by atoms with Crippen molar-refractivity contribution < 1.29 is 106 Å². The Morgan fingerprint density at radius 1 is 0.364 bits per heavy atom. The zero-order chi connectivity index (χ0) is 94.1. The molecule has 121 heavy (non-hydrogen) atoms. The van der Waals surface area contributed by atoms with Crippen molar-refractivity contribution in [2.24, 2.45) is 27.1 Å². The van der Waals surface area contributed by atoms with Crippen LogP contribution in [0.15, 0.2) is 44.6 Å². The van der Waals surface area contributed by atoms with Gasteiger partial charge in [0.25, 0.3) is 47.3 Å². The lowest BCUT2D eigenvalue weighted by Crippen LogP contribution is -2.36. The maximum atomic E-state index is 11.9. The highest BCUT2D eigenvalue weighted by atomic mass is 16.6. The molecule has 3 atom stereocenters. The molecule has 5 aliphatic rings. The number of aliphatic hydroxyl groups excluding tert-OH is 2. The van der Waals surface area contributed by atoms with Crippen LogP contribution in [0.4, 0.5) is 0 Å². The van der Waals surface area contributed by atoms with Gasteiger partial charge in [0.05, 0.1) is 66.2 Å². The van der Waals surface area contributed by atoms with Crippen molar-refractivity contribution in [2.45, 2.75) is 360 Å². The number of aliphatic hydroxyl groups is 2. The van der Waals surface area contributed by atoms with E-state index < -0.39 is 27.1 Å². The van der Waals surface area contributed by atoms with Gasteiger partial charge in [0, 0.05) is 89.3 Å². The molecule has 1 fully saturated rings. The van der Waals surface area contributed by atoms with Gasteiger partial charge in [0.2, 0.25) is 12.3 Å². The quantitative estimate of drug-likeness (QED) is 0.0168. The minimum Gasteiger partial charge on any atom is -0.465 e. The van der Waals surface area contributed by atoms with Gasteiger partial charge in [-0.15, -0.1) is 0 Å². The average molecular weight is 1710 g/mol. The number of hydrogen-bond acceptors (Lipinski definition) is 22. The standard InChI is InChI=1S/3C18H29NO4.C14H21NO4.C8H15NO.C8H16O3.C5H11NO.C4H10O/c3*1-6-18(4,5)17(22)23-12-10-8-7-9-11-19-15(20)13(2)14(3)16(19)21;1-6-14(4,5)13(18)19-8-7-15-11(16)9(2)10(3)12(15)17;1-3-7(2)9-6-4-5-8(9)10;1-4-8(2,3)7(10)11-6-5-9;1-3-5(2)6-4-7;1-3-4(2)5/h3*6-12H2,1-5H3;6-8H2,1-5H3;7H,3-6H2,1-2H3;9H,4-6H2,1-3H3;4-5H,3H2,1-2H3,(H,6,7);4-5H,3H2,1-2H3. The smallest absolute Gasteiger partial charge is 0.311 e. The summed E-state index contributed by atoms with van der Waals surface area (Å²) in [5, 5.41) is 19.4. The van der Waals surface area contributed by atoms with Crippen LogP contribution in [0.1, 0.15) is 342 Å². The molecule has 694 valence electrons. The summed E-state index contributed by atoms with van der Waals surface area (Å²) in [4.78, 5) is 181. The molecule has 28 heteroatoms. The van der Waals surface area contributed by atoms with Gasteiger partial charge in [-0.1, -0.05) is 74.7 Å². The van der Waals surface area contributed by atoms with E-state index in [4.69, 9.17) is 33.9 Å². The molecule has 1 saturated heterocycles. The summed E-state index contributed by atoms with van der Waals surface area (Å²) in [6.45, 7) is 57.6. The molecule has 0 aliphatic carbocycles. The van der Waals surface area contributed by atoms with Crippen LogP contribution in [0.25, 0.3) is 0 Å². The van der Waals surface area contributed by atoms with Gasteiger partial charge in [-0.3, -0.25) is 91.5 Å². The number of nitrogens with zero attached hydrogens (tertiary/aromatic N) is 5. The van der Waals surface area contributed by atoms with Crippen LogP contribution in [0, 0.1) is 27.1 Å². The molecule has 0 aromatic carbocycles. The second kappa shape index (κ2) is 59.5. The minimum atomic E-state index is -0.539. The van der Waals surface area contributed by atoms with Crippen molar-refractivity contribution >= 4 is 89.4 Å². The molecular weight excluding hydrogens is 1550 g/mol. The molecule has 0 bridgehead atoms. The molecule has 0 radical (unpaired) electrons. The largest absolute Gasteiger partial charge is 0.465 e. The molecule has 3 N–H and O–H groups in total. The van der Waals surface area contributed by atoms with E-state index in [9.17, 15) is 71.9 Å². The zero-order valence-corrected chi connectivity index (χ0v) is 79.9. The Hall–Kier alpha value is -8.27. The first kappa shape index (κ1) is 117. The third-order valence-electron chi connectivity index (χ3n) is 23.1. The number of amides is 10. The number of ether oxygens (including phenoxy) is 5. The third kappa shape index (κ3) is 41.6. The topological polar surface area (TPSA) is 371 Å². The Kier molecular flexibility index (Phi) is 57.5. The molecule has 5 rings (SSSR count). The first-order valence-corrected chi connectivity index (χ1v) is 44.0. The van der Waals surface area contributed by atoms with Gasteiger partial charge in [0.15, 0.2) is 0 Å². The highest BCUT2D eigenvalue weighted by Gasteiger charge is 2.38. The number of carbonyl (C=O) groups excluding carboxylic acids is 15. The predicted octanol–water partition coefficient (Wildman–Crippen LogP) is 15.0. The fourth-order valence-electron chi connectivity index (χ4n) is 10.4. The fourth-order valence-corrected chi connectivity index (χ4v) is 10.4. The summed E-state index contributed by atoms with van der Waals surface area (Å²) in [5.74, 6) is -2.23. The summed E-state index contributed by atoms with van der Waals surface area (Å²) < 4.78 is 25.7. The van der Waals surface area contributed by atoms with Crippen molar-refractivity contribution in [1.82, 2.24) is 29.8 Å². The molecule has 3 unspecified atom stereocenters. The van der Waals surface area contributed by atoms with Crippen molar-refractivity contribution in [3.05, 3.63) is 44.6 Å². The van der Waals surface area contributed by atoms with E-state index in [1.807, 2.05) is 116 Å². The van der Waals surface area contributed by atoms with Crippen LogP contribution in [-0.4, -0.2) is 215 Å². The van der Waals surface area contributed by atoms with E-state index in [1.165, 1.54) is 14.7 Å². The lowest BCUT2D eigenvalue weighted by atomic mass is 9.91. The Bertz CT molecular complexity index is 3190. The monoisotopic (exact) mass is 1710 g/mol. The maximum absolute atomic E-state index is 11.9. The second-order valence-electron chi connectivity index (χ2n) is 34.7. The van der Waals surface area contributed by atoms with E-state index >= 15 is 0 Å². The Labute approximate surface area is 725 Å². The van der Waals surface area contributed by atoms with Gasteiger partial charge >= 0.3 is 29.8 Å². The number of esters is 5. The molecule has 0 aromatic heterocycles. The van der Waals surface area contributed by atoms with Gasteiger partial charge < -0.3 is 44.1 Å².